The molecule has 1 aliphatic rings. The summed E-state index contributed by atoms with van der Waals surface area (Å²) in [7, 11) is 1.71. The van der Waals surface area contributed by atoms with Crippen LogP contribution in [-0.4, -0.2) is 25.7 Å². The summed E-state index contributed by atoms with van der Waals surface area (Å²) < 4.78 is 5.30. The molecule has 0 bridgehead atoms. The summed E-state index contributed by atoms with van der Waals surface area (Å²) in [6, 6.07) is 18.9. The average molecular weight is 431 g/mol. The van der Waals surface area contributed by atoms with E-state index in [1.54, 1.807) is 7.11 Å². The summed E-state index contributed by atoms with van der Waals surface area (Å²) in [5.74, 6) is 0.908. The maximum absolute atomic E-state index is 5.30. The van der Waals surface area contributed by atoms with Gasteiger partial charge < -0.3 is 15.0 Å². The van der Waals surface area contributed by atoms with E-state index in [4.69, 9.17) is 4.74 Å². The van der Waals surface area contributed by atoms with Crippen LogP contribution in [0.1, 0.15) is 45.1 Å². The first-order chi connectivity index (χ1) is 15.5. The topological polar surface area (TPSA) is 24.5 Å². The maximum atomic E-state index is 5.30. The van der Waals surface area contributed by atoms with Crippen LogP contribution in [-0.2, 0) is 6.42 Å². The largest absolute Gasteiger partial charge is 0.497 e. The fraction of sp³-hybridized carbons (Fsp3) is 0.379. The molecule has 3 rings (SSSR count). The van der Waals surface area contributed by atoms with Crippen LogP contribution in [0.3, 0.4) is 0 Å². The second kappa shape index (κ2) is 11.6. The zero-order chi connectivity index (χ0) is 22.8. The van der Waals surface area contributed by atoms with Crippen LogP contribution in [0.2, 0.25) is 0 Å². The lowest BCUT2D eigenvalue weighted by atomic mass is 9.88. The van der Waals surface area contributed by atoms with Gasteiger partial charge in [-0.2, -0.15) is 0 Å². The van der Waals surface area contributed by atoms with Gasteiger partial charge in [-0.05, 0) is 62.4 Å². The van der Waals surface area contributed by atoms with Gasteiger partial charge in [-0.1, -0.05) is 67.6 Å². The molecule has 2 aromatic rings. The first-order valence-corrected chi connectivity index (χ1v) is 11.8. The molecule has 0 spiro atoms. The highest BCUT2D eigenvalue weighted by atomic mass is 16.5. The molecular weight excluding hydrogens is 392 g/mol. The Balaban J connectivity index is 1.47. The Bertz CT molecular complexity index is 914. The molecule has 32 heavy (non-hydrogen) atoms. The maximum Gasteiger partial charge on any atom is 0.119 e. The van der Waals surface area contributed by atoms with E-state index in [0.29, 0.717) is 0 Å². The fourth-order valence-electron chi connectivity index (χ4n) is 4.25. The summed E-state index contributed by atoms with van der Waals surface area (Å²) >= 11 is 0. The number of benzene rings is 2. The van der Waals surface area contributed by atoms with Gasteiger partial charge in [-0.15, -0.1) is 0 Å². The monoisotopic (exact) mass is 430 g/mol. The van der Waals surface area contributed by atoms with E-state index in [-0.39, 0.29) is 5.54 Å². The van der Waals surface area contributed by atoms with E-state index in [0.717, 1.165) is 56.6 Å². The van der Waals surface area contributed by atoms with Crippen molar-refractivity contribution in [3.63, 3.8) is 0 Å². The van der Waals surface area contributed by atoms with Crippen molar-refractivity contribution in [2.75, 3.05) is 25.1 Å². The van der Waals surface area contributed by atoms with Crippen LogP contribution in [0.15, 0.2) is 90.7 Å². The number of allylic oxidation sites excluding steroid dienone is 3. The molecule has 1 N–H and O–H groups in total. The van der Waals surface area contributed by atoms with E-state index in [1.165, 1.54) is 16.8 Å². The second-order valence-electron chi connectivity index (χ2n) is 8.91. The van der Waals surface area contributed by atoms with Crippen LogP contribution in [0.25, 0.3) is 0 Å². The lowest BCUT2D eigenvalue weighted by Crippen LogP contribution is -2.40. The molecule has 1 aliphatic carbocycles. The average Bonchev–Trinajstić information content (AvgIpc) is 2.80. The number of hydrogen-bond acceptors (Lipinski definition) is 3. The molecular formula is C29H38N2O. The number of anilines is 1. The summed E-state index contributed by atoms with van der Waals surface area (Å²) in [6.07, 6.45) is 12.2. The van der Waals surface area contributed by atoms with E-state index in [2.05, 4.69) is 91.3 Å². The second-order valence-corrected chi connectivity index (χ2v) is 8.91. The summed E-state index contributed by atoms with van der Waals surface area (Å²) in [5, 5.41) is 3.64. The Labute approximate surface area is 194 Å². The highest BCUT2D eigenvalue weighted by molar-refractivity contribution is 5.49. The summed E-state index contributed by atoms with van der Waals surface area (Å²) in [5.41, 5.74) is 5.00. The van der Waals surface area contributed by atoms with Gasteiger partial charge in [-0.25, -0.2) is 0 Å². The molecule has 0 amide bonds. The quantitative estimate of drug-likeness (QED) is 0.406. The number of nitrogens with one attached hydrogen (secondary N) is 1. The van der Waals surface area contributed by atoms with Gasteiger partial charge in [0.15, 0.2) is 0 Å². The van der Waals surface area contributed by atoms with Crippen molar-refractivity contribution >= 4 is 5.69 Å². The SMILES string of the molecule is C=C(Cc1ccccc1)NC1(C)C=CC(CCCN(CCC)c2ccc(OC)cc2)=CC1. The third-order valence-corrected chi connectivity index (χ3v) is 6.00. The zero-order valence-corrected chi connectivity index (χ0v) is 19.9. The number of ether oxygens (including phenoxy) is 1. The highest BCUT2D eigenvalue weighted by Gasteiger charge is 2.22. The lowest BCUT2D eigenvalue weighted by molar-refractivity contribution is 0.415. The van der Waals surface area contributed by atoms with Gasteiger partial charge in [0.2, 0.25) is 0 Å². The predicted molar refractivity (Wildman–Crippen MR) is 137 cm³/mol. The predicted octanol–water partition coefficient (Wildman–Crippen LogP) is 6.68. The van der Waals surface area contributed by atoms with Gasteiger partial charge in [0.25, 0.3) is 0 Å². The molecule has 0 radical (unpaired) electrons. The Kier molecular flexibility index (Phi) is 8.61. The molecule has 0 heterocycles. The summed E-state index contributed by atoms with van der Waals surface area (Å²) in [4.78, 5) is 2.48. The fourth-order valence-corrected chi connectivity index (χ4v) is 4.25. The molecule has 0 aliphatic heterocycles. The standard InChI is InChI=1S/C29H38N2O/c1-5-21-31(27-13-15-28(32-4)16-14-27)22-9-12-25-17-19-29(3,20-18-25)30-24(2)23-26-10-7-6-8-11-26/h6-8,10-11,13-19,30H,2,5,9,12,20-23H2,1,3-4H3. The zero-order valence-electron chi connectivity index (χ0n) is 19.9. The van der Waals surface area contributed by atoms with Crippen molar-refractivity contribution in [1.82, 2.24) is 5.32 Å². The molecule has 2 aromatic carbocycles. The molecule has 1 unspecified atom stereocenters. The molecule has 0 fully saturated rings. The van der Waals surface area contributed by atoms with Gasteiger partial charge in [0, 0.05) is 30.9 Å². The molecule has 0 aromatic heterocycles. The minimum absolute atomic E-state index is 0.0628. The van der Waals surface area contributed by atoms with Crippen molar-refractivity contribution in [3.8, 4) is 5.75 Å². The first kappa shape index (κ1) is 23.7. The molecule has 3 nitrogen and oxygen atoms in total. The third-order valence-electron chi connectivity index (χ3n) is 6.00. The molecule has 0 saturated heterocycles. The number of hydrogen-bond donors (Lipinski definition) is 1. The van der Waals surface area contributed by atoms with Crippen molar-refractivity contribution in [3.05, 3.63) is 96.2 Å². The number of methoxy groups -OCH3 is 1. The molecule has 1 atom stereocenters. The van der Waals surface area contributed by atoms with Crippen molar-refractivity contribution in [2.45, 2.75) is 51.5 Å². The van der Waals surface area contributed by atoms with Crippen LogP contribution in [0.5, 0.6) is 5.75 Å². The van der Waals surface area contributed by atoms with Crippen LogP contribution in [0, 0.1) is 0 Å². The highest BCUT2D eigenvalue weighted by Crippen LogP contribution is 2.25. The number of nitrogens with zero attached hydrogens (tertiary/aromatic N) is 1. The van der Waals surface area contributed by atoms with Crippen LogP contribution >= 0.6 is 0 Å². The van der Waals surface area contributed by atoms with Crippen LogP contribution in [0.4, 0.5) is 5.69 Å². The van der Waals surface area contributed by atoms with Gasteiger partial charge >= 0.3 is 0 Å². The van der Waals surface area contributed by atoms with E-state index in [1.807, 2.05) is 12.1 Å². The number of rotatable bonds is 12. The Morgan fingerprint density at radius 2 is 1.84 bits per heavy atom. The van der Waals surface area contributed by atoms with E-state index >= 15 is 0 Å². The molecule has 170 valence electrons. The first-order valence-electron chi connectivity index (χ1n) is 11.8. The van der Waals surface area contributed by atoms with Crippen molar-refractivity contribution in [1.29, 1.82) is 0 Å². The van der Waals surface area contributed by atoms with Crippen molar-refractivity contribution in [2.24, 2.45) is 0 Å². The normalized spacial score (nSPS) is 17.5. The lowest BCUT2D eigenvalue weighted by Gasteiger charge is -2.32. The smallest absolute Gasteiger partial charge is 0.119 e. The third kappa shape index (κ3) is 7.05. The Morgan fingerprint density at radius 3 is 2.47 bits per heavy atom. The van der Waals surface area contributed by atoms with E-state index in [9.17, 15) is 0 Å². The van der Waals surface area contributed by atoms with Crippen molar-refractivity contribution < 1.29 is 4.74 Å². The molecule has 0 saturated carbocycles. The Hall–Kier alpha value is -2.94. The Morgan fingerprint density at radius 1 is 1.09 bits per heavy atom. The minimum Gasteiger partial charge on any atom is -0.497 e. The minimum atomic E-state index is -0.0628. The molecule has 3 heteroatoms. The van der Waals surface area contributed by atoms with Gasteiger partial charge in [-0.3, -0.25) is 0 Å². The van der Waals surface area contributed by atoms with E-state index < -0.39 is 0 Å². The van der Waals surface area contributed by atoms with Crippen LogP contribution < -0.4 is 15.0 Å². The van der Waals surface area contributed by atoms with Gasteiger partial charge in [0.05, 0.1) is 12.6 Å². The van der Waals surface area contributed by atoms with Gasteiger partial charge in [0.1, 0.15) is 5.75 Å². The summed E-state index contributed by atoms with van der Waals surface area (Å²) in [6.45, 7) is 10.9.